The van der Waals surface area contributed by atoms with Crippen LogP contribution in [-0.2, 0) is 19.3 Å². The fourth-order valence-electron chi connectivity index (χ4n) is 2.55. The molecule has 18 heavy (non-hydrogen) atoms. The normalized spacial score (nSPS) is 14.5. The lowest BCUT2D eigenvalue weighted by Gasteiger charge is -2.15. The van der Waals surface area contributed by atoms with Crippen molar-refractivity contribution in [3.8, 4) is 11.4 Å². The van der Waals surface area contributed by atoms with E-state index in [0.29, 0.717) is 6.54 Å². The van der Waals surface area contributed by atoms with Crippen molar-refractivity contribution in [1.29, 1.82) is 0 Å². The van der Waals surface area contributed by atoms with Crippen LogP contribution in [0.1, 0.15) is 29.8 Å². The molecule has 0 amide bonds. The second-order valence-corrected chi connectivity index (χ2v) is 4.83. The van der Waals surface area contributed by atoms with Crippen molar-refractivity contribution in [1.82, 2.24) is 15.2 Å². The smallest absolute Gasteiger partial charge is 0.181 e. The molecule has 0 radical (unpaired) electrons. The SMILES string of the molecule is NCCc1nc(-c2ccc3c(c2)CCCC3)n[nH]1. The summed E-state index contributed by atoms with van der Waals surface area (Å²) in [6.07, 6.45) is 5.75. The monoisotopic (exact) mass is 242 g/mol. The van der Waals surface area contributed by atoms with Gasteiger partial charge in [0.25, 0.3) is 0 Å². The van der Waals surface area contributed by atoms with Crippen LogP contribution < -0.4 is 5.73 Å². The molecule has 94 valence electrons. The number of benzene rings is 1. The number of aromatic amines is 1. The molecule has 0 saturated heterocycles. The lowest BCUT2D eigenvalue weighted by atomic mass is 9.90. The molecule has 0 bridgehead atoms. The van der Waals surface area contributed by atoms with Crippen LogP contribution in [0.3, 0.4) is 0 Å². The molecule has 1 aromatic carbocycles. The lowest BCUT2D eigenvalue weighted by molar-refractivity contribution is 0.686. The molecule has 3 N–H and O–H groups in total. The Balaban J connectivity index is 1.91. The third-order valence-corrected chi connectivity index (χ3v) is 3.52. The van der Waals surface area contributed by atoms with Gasteiger partial charge in [-0.25, -0.2) is 4.98 Å². The van der Waals surface area contributed by atoms with Gasteiger partial charge in [-0.2, -0.15) is 5.10 Å². The first-order chi connectivity index (χ1) is 8.86. The zero-order chi connectivity index (χ0) is 12.4. The summed E-state index contributed by atoms with van der Waals surface area (Å²) in [4.78, 5) is 4.47. The highest BCUT2D eigenvalue weighted by atomic mass is 15.2. The molecule has 1 aliphatic rings. The van der Waals surface area contributed by atoms with Crippen molar-refractivity contribution in [3.63, 3.8) is 0 Å². The van der Waals surface area contributed by atoms with Crippen LogP contribution in [0.5, 0.6) is 0 Å². The van der Waals surface area contributed by atoms with Crippen LogP contribution in [0.15, 0.2) is 18.2 Å². The minimum Gasteiger partial charge on any atom is -0.330 e. The number of aromatic nitrogens is 3. The average Bonchev–Trinajstić information content (AvgIpc) is 2.87. The Kier molecular flexibility index (Phi) is 3.11. The molecule has 0 spiro atoms. The Bertz CT molecular complexity index is 544. The fraction of sp³-hybridized carbons (Fsp3) is 0.429. The highest BCUT2D eigenvalue weighted by Gasteiger charge is 2.12. The summed E-state index contributed by atoms with van der Waals surface area (Å²) in [7, 11) is 0. The average molecular weight is 242 g/mol. The standard InChI is InChI=1S/C14H18N4/c15-8-7-13-16-14(18-17-13)12-6-5-10-3-1-2-4-11(10)9-12/h5-6,9H,1-4,7-8,15H2,(H,16,17,18). The maximum atomic E-state index is 5.51. The Morgan fingerprint density at radius 1 is 1.17 bits per heavy atom. The molecular formula is C14H18N4. The Morgan fingerprint density at radius 3 is 2.83 bits per heavy atom. The quantitative estimate of drug-likeness (QED) is 0.863. The van der Waals surface area contributed by atoms with Crippen LogP contribution in [-0.4, -0.2) is 21.7 Å². The topological polar surface area (TPSA) is 67.6 Å². The predicted molar refractivity (Wildman–Crippen MR) is 71.2 cm³/mol. The van der Waals surface area contributed by atoms with Crippen molar-refractivity contribution >= 4 is 0 Å². The van der Waals surface area contributed by atoms with Crippen molar-refractivity contribution in [2.75, 3.05) is 6.54 Å². The van der Waals surface area contributed by atoms with Gasteiger partial charge in [-0.15, -0.1) is 0 Å². The molecule has 1 heterocycles. The minimum atomic E-state index is 0.596. The van der Waals surface area contributed by atoms with Gasteiger partial charge < -0.3 is 5.73 Å². The van der Waals surface area contributed by atoms with E-state index in [1.807, 2.05) is 0 Å². The van der Waals surface area contributed by atoms with Crippen LogP contribution in [0.2, 0.25) is 0 Å². The zero-order valence-electron chi connectivity index (χ0n) is 10.4. The molecule has 3 rings (SSSR count). The van der Waals surface area contributed by atoms with E-state index in [2.05, 4.69) is 33.4 Å². The summed E-state index contributed by atoms with van der Waals surface area (Å²) >= 11 is 0. The van der Waals surface area contributed by atoms with E-state index in [-0.39, 0.29) is 0 Å². The molecule has 0 fully saturated rings. The van der Waals surface area contributed by atoms with Gasteiger partial charge >= 0.3 is 0 Å². The Labute approximate surface area is 107 Å². The molecule has 0 aliphatic heterocycles. The number of aryl methyl sites for hydroxylation is 2. The van der Waals surface area contributed by atoms with Gasteiger partial charge in [0.05, 0.1) is 0 Å². The maximum Gasteiger partial charge on any atom is 0.181 e. The van der Waals surface area contributed by atoms with Crippen molar-refractivity contribution in [2.45, 2.75) is 32.1 Å². The first-order valence-corrected chi connectivity index (χ1v) is 6.60. The van der Waals surface area contributed by atoms with E-state index in [9.17, 15) is 0 Å². The van der Waals surface area contributed by atoms with Gasteiger partial charge in [-0.1, -0.05) is 12.1 Å². The second-order valence-electron chi connectivity index (χ2n) is 4.83. The fourth-order valence-corrected chi connectivity index (χ4v) is 2.55. The number of nitrogens with two attached hydrogens (primary N) is 1. The van der Waals surface area contributed by atoms with Crippen molar-refractivity contribution < 1.29 is 0 Å². The first-order valence-electron chi connectivity index (χ1n) is 6.60. The van der Waals surface area contributed by atoms with Crippen LogP contribution in [0, 0.1) is 0 Å². The molecule has 1 aromatic heterocycles. The van der Waals surface area contributed by atoms with Gasteiger partial charge in [0.15, 0.2) is 5.82 Å². The number of fused-ring (bicyclic) bond motifs is 1. The van der Waals surface area contributed by atoms with Gasteiger partial charge in [0, 0.05) is 12.0 Å². The van der Waals surface area contributed by atoms with Gasteiger partial charge in [0.2, 0.25) is 0 Å². The third-order valence-electron chi connectivity index (χ3n) is 3.52. The second kappa shape index (κ2) is 4.90. The Hall–Kier alpha value is -1.68. The molecular weight excluding hydrogens is 224 g/mol. The predicted octanol–water partition coefficient (Wildman–Crippen LogP) is 1.85. The summed E-state index contributed by atoms with van der Waals surface area (Å²) in [5.74, 6) is 1.65. The molecule has 0 unspecified atom stereocenters. The number of H-pyrrole nitrogens is 1. The zero-order valence-corrected chi connectivity index (χ0v) is 10.4. The van der Waals surface area contributed by atoms with Crippen molar-refractivity contribution in [3.05, 3.63) is 35.2 Å². The highest BCUT2D eigenvalue weighted by molar-refractivity contribution is 5.57. The summed E-state index contributed by atoms with van der Waals surface area (Å²) in [6.45, 7) is 0.596. The summed E-state index contributed by atoms with van der Waals surface area (Å²) in [5.41, 5.74) is 9.57. The number of hydrogen-bond donors (Lipinski definition) is 2. The van der Waals surface area contributed by atoms with Crippen LogP contribution >= 0.6 is 0 Å². The molecule has 0 atom stereocenters. The van der Waals surface area contributed by atoms with Crippen molar-refractivity contribution in [2.24, 2.45) is 5.73 Å². The number of nitrogens with one attached hydrogen (secondary N) is 1. The maximum absolute atomic E-state index is 5.51. The largest absolute Gasteiger partial charge is 0.330 e. The summed E-state index contributed by atoms with van der Waals surface area (Å²) in [6, 6.07) is 6.59. The molecule has 0 saturated carbocycles. The van der Waals surface area contributed by atoms with Crippen LogP contribution in [0.25, 0.3) is 11.4 Å². The molecule has 1 aliphatic carbocycles. The number of rotatable bonds is 3. The minimum absolute atomic E-state index is 0.596. The van der Waals surface area contributed by atoms with Gasteiger partial charge in [-0.3, -0.25) is 5.10 Å². The highest BCUT2D eigenvalue weighted by Crippen LogP contribution is 2.25. The van der Waals surface area contributed by atoms with Gasteiger partial charge in [-0.05, 0) is 49.4 Å². The molecule has 4 nitrogen and oxygen atoms in total. The summed E-state index contributed by atoms with van der Waals surface area (Å²) in [5, 5.41) is 7.21. The van der Waals surface area contributed by atoms with E-state index in [1.165, 1.54) is 36.8 Å². The Morgan fingerprint density at radius 2 is 2.00 bits per heavy atom. The molecule has 2 aromatic rings. The molecule has 4 heteroatoms. The van der Waals surface area contributed by atoms with E-state index < -0.39 is 0 Å². The van der Waals surface area contributed by atoms with Crippen LogP contribution in [0.4, 0.5) is 0 Å². The number of nitrogens with zero attached hydrogens (tertiary/aromatic N) is 2. The van der Waals surface area contributed by atoms with E-state index in [4.69, 9.17) is 5.73 Å². The van der Waals surface area contributed by atoms with E-state index in [1.54, 1.807) is 0 Å². The van der Waals surface area contributed by atoms with E-state index >= 15 is 0 Å². The lowest BCUT2D eigenvalue weighted by Crippen LogP contribution is -2.04. The summed E-state index contributed by atoms with van der Waals surface area (Å²) < 4.78 is 0. The third kappa shape index (κ3) is 2.16. The van der Waals surface area contributed by atoms with Gasteiger partial charge in [0.1, 0.15) is 5.82 Å². The van der Waals surface area contributed by atoms with E-state index in [0.717, 1.165) is 23.6 Å². The first kappa shape index (κ1) is 11.4. The number of hydrogen-bond acceptors (Lipinski definition) is 3.